The van der Waals surface area contributed by atoms with Crippen molar-refractivity contribution in [2.45, 2.75) is 25.3 Å². The van der Waals surface area contributed by atoms with Gasteiger partial charge in [-0.1, -0.05) is 78.9 Å². The summed E-state index contributed by atoms with van der Waals surface area (Å²) in [5.41, 5.74) is 3.07. The Morgan fingerprint density at radius 2 is 1.38 bits per heavy atom. The van der Waals surface area contributed by atoms with Gasteiger partial charge >= 0.3 is 6.03 Å². The van der Waals surface area contributed by atoms with Crippen molar-refractivity contribution >= 4 is 17.6 Å². The van der Waals surface area contributed by atoms with E-state index in [1.807, 2.05) is 66.7 Å². The number of nitrogens with zero attached hydrogens (tertiary/aromatic N) is 1. The Morgan fingerprint density at radius 1 is 0.812 bits per heavy atom. The monoisotopic (exact) mass is 427 g/mol. The average Bonchev–Trinajstić information content (AvgIpc) is 2.85. The van der Waals surface area contributed by atoms with Crippen molar-refractivity contribution in [3.05, 3.63) is 102 Å². The van der Waals surface area contributed by atoms with E-state index in [4.69, 9.17) is 0 Å². The van der Waals surface area contributed by atoms with Gasteiger partial charge in [-0.05, 0) is 42.5 Å². The zero-order valence-electron chi connectivity index (χ0n) is 18.1. The minimum absolute atomic E-state index is 0.0675. The number of hydrogen-bond acceptors (Lipinski definition) is 2. The Morgan fingerprint density at radius 3 is 2.00 bits per heavy atom. The van der Waals surface area contributed by atoms with Crippen LogP contribution in [0.1, 0.15) is 30.0 Å². The van der Waals surface area contributed by atoms with Crippen molar-refractivity contribution in [1.29, 1.82) is 0 Å². The van der Waals surface area contributed by atoms with Crippen LogP contribution in [0.5, 0.6) is 0 Å². The molecule has 0 bridgehead atoms. The molecule has 1 saturated heterocycles. The molecule has 0 saturated carbocycles. The van der Waals surface area contributed by atoms with Crippen LogP contribution in [-0.4, -0.2) is 29.9 Å². The molecule has 2 N–H and O–H groups in total. The SMILES string of the molecule is O=C(N[C@@H](Cc1ccccc1)c1ccccc1)C1CCN(C(=O)Nc2ccccc2)CC1. The summed E-state index contributed by atoms with van der Waals surface area (Å²) >= 11 is 0. The van der Waals surface area contributed by atoms with Crippen molar-refractivity contribution in [3.63, 3.8) is 0 Å². The van der Waals surface area contributed by atoms with E-state index in [-0.39, 0.29) is 23.9 Å². The number of carbonyl (C=O) groups is 2. The van der Waals surface area contributed by atoms with Gasteiger partial charge in [0.05, 0.1) is 6.04 Å². The van der Waals surface area contributed by atoms with Gasteiger partial charge in [-0.25, -0.2) is 4.79 Å². The maximum absolute atomic E-state index is 13.1. The zero-order valence-corrected chi connectivity index (χ0v) is 18.1. The molecule has 4 rings (SSSR count). The summed E-state index contributed by atoms with van der Waals surface area (Å²) in [6, 6.07) is 29.6. The van der Waals surface area contributed by atoms with Gasteiger partial charge in [0.25, 0.3) is 0 Å². The molecule has 3 aromatic carbocycles. The Kier molecular flexibility index (Phi) is 7.18. The topological polar surface area (TPSA) is 61.4 Å². The van der Waals surface area contributed by atoms with E-state index in [1.165, 1.54) is 5.56 Å². The molecular formula is C27H29N3O2. The summed E-state index contributed by atoms with van der Waals surface area (Å²) in [7, 11) is 0. The van der Waals surface area contributed by atoms with E-state index < -0.39 is 0 Å². The highest BCUT2D eigenvalue weighted by molar-refractivity contribution is 5.89. The van der Waals surface area contributed by atoms with Crippen molar-refractivity contribution in [3.8, 4) is 0 Å². The fraction of sp³-hybridized carbons (Fsp3) is 0.259. The lowest BCUT2D eigenvalue weighted by Gasteiger charge is -2.32. The largest absolute Gasteiger partial charge is 0.349 e. The predicted molar refractivity (Wildman–Crippen MR) is 127 cm³/mol. The molecule has 1 atom stereocenters. The highest BCUT2D eigenvalue weighted by Gasteiger charge is 2.29. The van der Waals surface area contributed by atoms with Gasteiger partial charge in [0, 0.05) is 24.7 Å². The number of nitrogens with one attached hydrogen (secondary N) is 2. The molecule has 0 aliphatic carbocycles. The van der Waals surface area contributed by atoms with Crippen LogP contribution >= 0.6 is 0 Å². The molecule has 0 aromatic heterocycles. The minimum Gasteiger partial charge on any atom is -0.349 e. The van der Waals surface area contributed by atoms with Gasteiger partial charge in [-0.15, -0.1) is 0 Å². The van der Waals surface area contributed by atoms with E-state index in [1.54, 1.807) is 4.90 Å². The number of hydrogen-bond donors (Lipinski definition) is 2. The first-order valence-corrected chi connectivity index (χ1v) is 11.2. The molecule has 3 aromatic rings. The third-order valence-corrected chi connectivity index (χ3v) is 5.98. The Hall–Kier alpha value is -3.60. The fourth-order valence-electron chi connectivity index (χ4n) is 4.15. The molecule has 0 spiro atoms. The number of benzene rings is 3. The van der Waals surface area contributed by atoms with Crippen LogP contribution in [0.15, 0.2) is 91.0 Å². The maximum atomic E-state index is 13.1. The third-order valence-electron chi connectivity index (χ3n) is 5.98. The Labute approximate surface area is 189 Å². The maximum Gasteiger partial charge on any atom is 0.321 e. The lowest BCUT2D eigenvalue weighted by Crippen LogP contribution is -2.45. The summed E-state index contributed by atoms with van der Waals surface area (Å²) < 4.78 is 0. The predicted octanol–water partition coefficient (Wildman–Crippen LogP) is 5.03. The number of rotatable bonds is 6. The standard InChI is InChI=1S/C27H29N3O2/c31-26(23-16-18-30(19-17-23)27(32)28-24-14-8-3-9-15-24)29-25(22-12-6-2-7-13-22)20-21-10-4-1-5-11-21/h1-15,23,25H,16-20H2,(H,28,32)(H,29,31)/t25-/m0/s1. The van der Waals surface area contributed by atoms with E-state index in [0.717, 1.165) is 17.7 Å². The van der Waals surface area contributed by atoms with Gasteiger partial charge in [0.2, 0.25) is 5.91 Å². The molecule has 5 nitrogen and oxygen atoms in total. The number of piperidine rings is 1. The highest BCUT2D eigenvalue weighted by atomic mass is 16.2. The second-order valence-electron chi connectivity index (χ2n) is 8.22. The van der Waals surface area contributed by atoms with Crippen LogP contribution in [0.2, 0.25) is 0 Å². The summed E-state index contributed by atoms with van der Waals surface area (Å²) in [4.78, 5) is 27.4. The second-order valence-corrected chi connectivity index (χ2v) is 8.22. The Balaban J connectivity index is 1.34. The van der Waals surface area contributed by atoms with Crippen molar-refractivity contribution in [2.75, 3.05) is 18.4 Å². The average molecular weight is 428 g/mol. The van der Waals surface area contributed by atoms with Crippen LogP contribution in [-0.2, 0) is 11.2 Å². The van der Waals surface area contributed by atoms with Gasteiger partial charge < -0.3 is 15.5 Å². The molecule has 1 aliphatic heterocycles. The molecule has 0 unspecified atom stereocenters. The van der Waals surface area contributed by atoms with E-state index in [0.29, 0.717) is 25.9 Å². The number of urea groups is 1. The number of likely N-dealkylation sites (tertiary alicyclic amines) is 1. The lowest BCUT2D eigenvalue weighted by molar-refractivity contribution is -0.127. The smallest absolute Gasteiger partial charge is 0.321 e. The van der Waals surface area contributed by atoms with Crippen molar-refractivity contribution in [2.24, 2.45) is 5.92 Å². The first kappa shape index (κ1) is 21.6. The third kappa shape index (κ3) is 5.76. The molecular weight excluding hydrogens is 398 g/mol. The molecule has 164 valence electrons. The van der Waals surface area contributed by atoms with Gasteiger partial charge in [0.15, 0.2) is 0 Å². The number of amides is 3. The normalized spacial score (nSPS) is 15.1. The number of para-hydroxylation sites is 1. The van der Waals surface area contributed by atoms with Gasteiger partial charge in [0.1, 0.15) is 0 Å². The molecule has 1 fully saturated rings. The van der Waals surface area contributed by atoms with Crippen LogP contribution in [0.3, 0.4) is 0 Å². The van der Waals surface area contributed by atoms with E-state index >= 15 is 0 Å². The minimum atomic E-state index is -0.110. The molecule has 3 amide bonds. The molecule has 0 radical (unpaired) electrons. The summed E-state index contributed by atoms with van der Waals surface area (Å²) in [5.74, 6) is -0.0179. The summed E-state index contributed by atoms with van der Waals surface area (Å²) in [5, 5.41) is 6.20. The van der Waals surface area contributed by atoms with E-state index in [9.17, 15) is 9.59 Å². The van der Waals surface area contributed by atoms with Crippen LogP contribution in [0.4, 0.5) is 10.5 Å². The molecule has 5 heteroatoms. The van der Waals surface area contributed by atoms with Crippen LogP contribution in [0.25, 0.3) is 0 Å². The van der Waals surface area contributed by atoms with Gasteiger partial charge in [-0.3, -0.25) is 4.79 Å². The zero-order chi connectivity index (χ0) is 22.2. The van der Waals surface area contributed by atoms with Crippen LogP contribution in [0, 0.1) is 5.92 Å². The Bertz CT molecular complexity index is 1000. The van der Waals surface area contributed by atoms with Gasteiger partial charge in [-0.2, -0.15) is 0 Å². The highest BCUT2D eigenvalue weighted by Crippen LogP contribution is 2.23. The van der Waals surface area contributed by atoms with Crippen molar-refractivity contribution in [1.82, 2.24) is 10.2 Å². The summed E-state index contributed by atoms with van der Waals surface area (Å²) in [6.07, 6.45) is 2.08. The number of carbonyl (C=O) groups excluding carboxylic acids is 2. The molecule has 1 aliphatic rings. The van der Waals surface area contributed by atoms with Crippen LogP contribution < -0.4 is 10.6 Å². The lowest BCUT2D eigenvalue weighted by atomic mass is 9.93. The van der Waals surface area contributed by atoms with Crippen molar-refractivity contribution < 1.29 is 9.59 Å². The first-order chi connectivity index (χ1) is 15.7. The first-order valence-electron chi connectivity index (χ1n) is 11.2. The second kappa shape index (κ2) is 10.6. The summed E-state index contributed by atoms with van der Waals surface area (Å²) in [6.45, 7) is 1.15. The molecule has 1 heterocycles. The quantitative estimate of drug-likeness (QED) is 0.580. The molecule has 32 heavy (non-hydrogen) atoms. The van der Waals surface area contributed by atoms with E-state index in [2.05, 4.69) is 34.9 Å². The fourth-order valence-corrected chi connectivity index (χ4v) is 4.15. The number of anilines is 1.